The van der Waals surface area contributed by atoms with Gasteiger partial charge in [0.2, 0.25) is 0 Å². The minimum Gasteiger partial charge on any atom is -0.468 e. The fourth-order valence-corrected chi connectivity index (χ4v) is 3.98. The van der Waals surface area contributed by atoms with E-state index in [0.29, 0.717) is 6.42 Å². The predicted octanol–water partition coefficient (Wildman–Crippen LogP) is 4.25. The van der Waals surface area contributed by atoms with E-state index in [0.717, 1.165) is 17.4 Å². The zero-order valence-electron chi connectivity index (χ0n) is 13.1. The van der Waals surface area contributed by atoms with Gasteiger partial charge < -0.3 is 10.1 Å². The van der Waals surface area contributed by atoms with Crippen LogP contribution in [-0.4, -0.2) is 30.4 Å². The van der Waals surface area contributed by atoms with Crippen LogP contribution in [0.3, 0.4) is 0 Å². The second kappa shape index (κ2) is 8.81. The number of hydrogen-bond donors (Lipinski definition) is 1. The lowest BCUT2D eigenvalue weighted by molar-refractivity contribution is -0.148. The summed E-state index contributed by atoms with van der Waals surface area (Å²) < 4.78 is 6.05. The van der Waals surface area contributed by atoms with Crippen molar-refractivity contribution >= 4 is 33.7 Å². The largest absolute Gasteiger partial charge is 0.468 e. The van der Waals surface area contributed by atoms with E-state index >= 15 is 0 Å². The number of carbonyl (C=O) groups excluding carboxylic acids is 1. The van der Waals surface area contributed by atoms with Gasteiger partial charge in [0.25, 0.3) is 0 Å². The maximum atomic E-state index is 12.1. The third kappa shape index (κ3) is 5.64. The molecule has 0 aliphatic carbocycles. The number of benzene rings is 1. The van der Waals surface area contributed by atoms with Crippen molar-refractivity contribution in [2.75, 3.05) is 13.7 Å². The van der Waals surface area contributed by atoms with Crippen molar-refractivity contribution in [3.8, 4) is 0 Å². The van der Waals surface area contributed by atoms with E-state index in [9.17, 15) is 4.79 Å². The molecule has 21 heavy (non-hydrogen) atoms. The molecule has 5 heteroatoms. The number of ether oxygens (including phenoxy) is 1. The van der Waals surface area contributed by atoms with Gasteiger partial charge in [0.15, 0.2) is 0 Å². The molecule has 1 rings (SSSR count). The fraction of sp³-hybridized carbons (Fsp3) is 0.562. The molecule has 0 aliphatic heterocycles. The summed E-state index contributed by atoms with van der Waals surface area (Å²) in [4.78, 5) is 13.3. The number of rotatable bonds is 8. The second-order valence-electron chi connectivity index (χ2n) is 5.31. The normalized spacial score (nSPS) is 15.3. The molecule has 0 saturated carbocycles. The Hall–Kier alpha value is -0.520. The minimum absolute atomic E-state index is 0.199. The molecule has 0 saturated heterocycles. The molecule has 0 radical (unpaired) electrons. The molecule has 0 bridgehead atoms. The maximum absolute atomic E-state index is 12.1. The van der Waals surface area contributed by atoms with Gasteiger partial charge >= 0.3 is 5.97 Å². The van der Waals surface area contributed by atoms with Gasteiger partial charge in [-0.25, -0.2) is 0 Å². The number of esters is 1. The first-order valence-corrected chi connectivity index (χ1v) is 8.85. The second-order valence-corrected chi connectivity index (χ2v) is 7.65. The van der Waals surface area contributed by atoms with E-state index in [2.05, 4.69) is 41.2 Å². The molecule has 3 nitrogen and oxygen atoms in total. The molecule has 1 aromatic rings. The van der Waals surface area contributed by atoms with Crippen LogP contribution in [0.1, 0.15) is 33.6 Å². The molecule has 1 N–H and O–H groups in total. The summed E-state index contributed by atoms with van der Waals surface area (Å²) in [6, 6.07) is 8.14. The van der Waals surface area contributed by atoms with Crippen LogP contribution >= 0.6 is 27.7 Å². The number of halogens is 1. The van der Waals surface area contributed by atoms with Crippen LogP contribution in [0.5, 0.6) is 0 Å². The zero-order valence-corrected chi connectivity index (χ0v) is 15.5. The molecule has 0 spiro atoms. The maximum Gasteiger partial charge on any atom is 0.325 e. The third-order valence-corrected chi connectivity index (χ3v) is 5.39. The van der Waals surface area contributed by atoms with E-state index in [-0.39, 0.29) is 11.2 Å². The van der Waals surface area contributed by atoms with Crippen LogP contribution in [0.25, 0.3) is 0 Å². The average molecular weight is 374 g/mol. The van der Waals surface area contributed by atoms with Crippen molar-refractivity contribution in [2.45, 2.75) is 49.3 Å². The highest BCUT2D eigenvalue weighted by Crippen LogP contribution is 2.33. The van der Waals surface area contributed by atoms with Crippen molar-refractivity contribution in [3.05, 3.63) is 28.7 Å². The molecule has 2 unspecified atom stereocenters. The summed E-state index contributed by atoms with van der Waals surface area (Å²) in [5.41, 5.74) is -0.640. The lowest BCUT2D eigenvalue weighted by atomic mass is 9.96. The summed E-state index contributed by atoms with van der Waals surface area (Å²) >= 11 is 5.32. The summed E-state index contributed by atoms with van der Waals surface area (Å²) in [6.07, 6.45) is 1.70. The number of thioether (sulfide) groups is 1. The van der Waals surface area contributed by atoms with Crippen LogP contribution in [-0.2, 0) is 9.53 Å². The van der Waals surface area contributed by atoms with Crippen LogP contribution < -0.4 is 5.32 Å². The van der Waals surface area contributed by atoms with E-state index in [1.54, 1.807) is 11.8 Å². The Labute approximate surface area is 140 Å². The summed E-state index contributed by atoms with van der Waals surface area (Å²) in [7, 11) is 1.44. The number of nitrogens with one attached hydrogen (secondary N) is 1. The summed E-state index contributed by atoms with van der Waals surface area (Å²) in [5, 5.41) is 3.62. The predicted molar refractivity (Wildman–Crippen MR) is 92.8 cm³/mol. The van der Waals surface area contributed by atoms with Gasteiger partial charge in [-0.05, 0) is 54.4 Å². The topological polar surface area (TPSA) is 38.3 Å². The van der Waals surface area contributed by atoms with Crippen molar-refractivity contribution in [1.29, 1.82) is 0 Å². The Morgan fingerprint density at radius 3 is 2.71 bits per heavy atom. The van der Waals surface area contributed by atoms with E-state index < -0.39 is 5.54 Å². The molecular formula is C16H24BrNO2S. The highest BCUT2D eigenvalue weighted by molar-refractivity contribution is 9.10. The van der Waals surface area contributed by atoms with E-state index in [1.807, 2.05) is 25.1 Å². The molecule has 118 valence electrons. The van der Waals surface area contributed by atoms with Gasteiger partial charge in [0.1, 0.15) is 5.54 Å². The Kier molecular flexibility index (Phi) is 7.77. The lowest BCUT2D eigenvalue weighted by Gasteiger charge is -2.30. The molecule has 2 atom stereocenters. The molecule has 0 heterocycles. The minimum atomic E-state index is -0.640. The van der Waals surface area contributed by atoms with Gasteiger partial charge in [0, 0.05) is 14.6 Å². The van der Waals surface area contributed by atoms with Gasteiger partial charge in [-0.2, -0.15) is 0 Å². The summed E-state index contributed by atoms with van der Waals surface area (Å²) in [5.74, 6) is -0.199. The van der Waals surface area contributed by atoms with Gasteiger partial charge in [-0.1, -0.05) is 26.0 Å². The molecule has 0 aliphatic rings. The van der Waals surface area contributed by atoms with E-state index in [4.69, 9.17) is 4.74 Å². The Bertz CT molecular complexity index is 469. The first-order valence-electron chi connectivity index (χ1n) is 7.17. The summed E-state index contributed by atoms with van der Waals surface area (Å²) in [6.45, 7) is 6.95. The Balaban J connectivity index is 2.74. The lowest BCUT2D eigenvalue weighted by Crippen LogP contribution is -2.51. The first-order chi connectivity index (χ1) is 9.92. The van der Waals surface area contributed by atoms with Crippen LogP contribution in [0.2, 0.25) is 0 Å². The van der Waals surface area contributed by atoms with E-state index in [1.165, 1.54) is 12.0 Å². The highest BCUT2D eigenvalue weighted by Gasteiger charge is 2.35. The van der Waals surface area contributed by atoms with Gasteiger partial charge in [-0.3, -0.25) is 4.79 Å². The monoisotopic (exact) mass is 373 g/mol. The smallest absolute Gasteiger partial charge is 0.325 e. The quantitative estimate of drug-likeness (QED) is 0.545. The zero-order chi connectivity index (χ0) is 15.9. The molecule has 0 amide bonds. The van der Waals surface area contributed by atoms with Crippen LogP contribution in [0.15, 0.2) is 33.6 Å². The van der Waals surface area contributed by atoms with Crippen molar-refractivity contribution in [1.82, 2.24) is 5.32 Å². The number of hydrogen-bond acceptors (Lipinski definition) is 4. The van der Waals surface area contributed by atoms with Crippen molar-refractivity contribution in [2.24, 2.45) is 0 Å². The van der Waals surface area contributed by atoms with Crippen molar-refractivity contribution < 1.29 is 9.53 Å². The SMILES string of the molecule is CCCNC(C)(CC(C)Sc1ccccc1Br)C(=O)OC. The van der Waals surface area contributed by atoms with Crippen molar-refractivity contribution in [3.63, 3.8) is 0 Å². The highest BCUT2D eigenvalue weighted by atomic mass is 79.9. The Morgan fingerprint density at radius 2 is 2.14 bits per heavy atom. The fourth-order valence-electron chi connectivity index (χ4n) is 2.23. The Morgan fingerprint density at radius 1 is 1.48 bits per heavy atom. The standard InChI is InChI=1S/C16H24BrNO2S/c1-5-10-18-16(3,15(19)20-4)11-12(2)21-14-9-7-6-8-13(14)17/h6-9,12,18H,5,10-11H2,1-4H3. The average Bonchev–Trinajstić information content (AvgIpc) is 2.46. The van der Waals surface area contributed by atoms with Gasteiger partial charge in [-0.15, -0.1) is 11.8 Å². The number of methoxy groups -OCH3 is 1. The molecule has 0 fully saturated rings. The number of carbonyl (C=O) groups is 1. The molecule has 1 aromatic carbocycles. The first kappa shape index (κ1) is 18.5. The molecular weight excluding hydrogens is 350 g/mol. The molecule has 0 aromatic heterocycles. The van der Waals surface area contributed by atoms with Crippen LogP contribution in [0.4, 0.5) is 0 Å². The third-order valence-electron chi connectivity index (χ3n) is 3.26. The van der Waals surface area contributed by atoms with Crippen LogP contribution in [0, 0.1) is 0 Å². The van der Waals surface area contributed by atoms with Gasteiger partial charge in [0.05, 0.1) is 7.11 Å².